The number of halogens is 2. The van der Waals surface area contributed by atoms with E-state index in [0.717, 1.165) is 11.1 Å². The lowest BCUT2D eigenvalue weighted by molar-refractivity contribution is 0.0955. The van der Waals surface area contributed by atoms with Gasteiger partial charge in [-0.3, -0.25) is 9.10 Å². The highest BCUT2D eigenvalue weighted by Crippen LogP contribution is 2.37. The Morgan fingerprint density at radius 1 is 1.05 bits per heavy atom. The van der Waals surface area contributed by atoms with Gasteiger partial charge in [-0.1, -0.05) is 47.5 Å². The number of hydrogen-bond acceptors (Lipinski definition) is 6. The highest BCUT2D eigenvalue weighted by molar-refractivity contribution is 9.10. The molecular weight excluding hydrogens is 630 g/mol. The van der Waals surface area contributed by atoms with E-state index in [2.05, 4.69) is 26.5 Å². The Labute approximate surface area is 252 Å². The molecule has 0 aliphatic heterocycles. The summed E-state index contributed by atoms with van der Waals surface area (Å²) < 4.78 is 39.1. The van der Waals surface area contributed by atoms with Crippen molar-refractivity contribution in [3.63, 3.8) is 0 Å². The molecule has 1 N–H and O–H groups in total. The number of rotatable bonds is 10. The molecule has 0 atom stereocenters. The Bertz CT molecular complexity index is 1680. The van der Waals surface area contributed by atoms with Crippen LogP contribution in [0.3, 0.4) is 0 Å². The number of benzene rings is 4. The minimum absolute atomic E-state index is 0.185. The van der Waals surface area contributed by atoms with Crippen molar-refractivity contribution in [3.8, 4) is 11.5 Å². The van der Waals surface area contributed by atoms with Crippen LogP contribution < -0.4 is 19.2 Å². The van der Waals surface area contributed by atoms with Crippen LogP contribution in [0.1, 0.15) is 27.0 Å². The summed E-state index contributed by atoms with van der Waals surface area (Å²) in [6.07, 6.45) is 1.47. The Morgan fingerprint density at radius 2 is 1.73 bits per heavy atom. The number of hydrazone groups is 1. The predicted octanol–water partition coefficient (Wildman–Crippen LogP) is 6.59. The molecule has 0 saturated carbocycles. The van der Waals surface area contributed by atoms with Crippen molar-refractivity contribution < 1.29 is 22.7 Å². The van der Waals surface area contributed by atoms with Crippen molar-refractivity contribution in [2.24, 2.45) is 5.10 Å². The summed E-state index contributed by atoms with van der Waals surface area (Å²) in [5, 5.41) is 4.65. The molecule has 0 spiro atoms. The number of anilines is 1. The van der Waals surface area contributed by atoms with Gasteiger partial charge in [0.15, 0.2) is 11.5 Å². The first-order chi connectivity index (χ1) is 19.6. The normalized spacial score (nSPS) is 11.3. The fourth-order valence-electron chi connectivity index (χ4n) is 3.78. The minimum Gasteiger partial charge on any atom is -0.493 e. The van der Waals surface area contributed by atoms with Gasteiger partial charge in [-0.25, -0.2) is 13.8 Å². The molecule has 0 radical (unpaired) electrons. The molecule has 4 rings (SSSR count). The second-order valence-corrected chi connectivity index (χ2v) is 12.2. The van der Waals surface area contributed by atoms with Crippen LogP contribution in [0.5, 0.6) is 11.5 Å². The van der Waals surface area contributed by atoms with E-state index in [-0.39, 0.29) is 11.5 Å². The van der Waals surface area contributed by atoms with Crippen molar-refractivity contribution in [1.29, 1.82) is 0 Å². The maximum Gasteiger partial charge on any atom is 0.271 e. The van der Waals surface area contributed by atoms with Gasteiger partial charge >= 0.3 is 0 Å². The van der Waals surface area contributed by atoms with Crippen LogP contribution in [0.15, 0.2) is 99.4 Å². The zero-order chi connectivity index (χ0) is 29.6. The average Bonchev–Trinajstić information content (AvgIpc) is 2.97. The van der Waals surface area contributed by atoms with E-state index in [0.29, 0.717) is 37.8 Å². The predicted molar refractivity (Wildman–Crippen MR) is 165 cm³/mol. The molecule has 212 valence electrons. The lowest BCUT2D eigenvalue weighted by atomic mass is 10.2. The maximum absolute atomic E-state index is 12.9. The fourth-order valence-corrected chi connectivity index (χ4v) is 5.74. The number of carbonyl (C=O) groups is 1. The SMILES string of the molecule is COc1cc(/C=N\NC(=O)c2ccc(N(C)S(=O)(=O)c3ccc(C)cc3)cc2)cc(Br)c1OCc1ccccc1Cl. The molecule has 4 aromatic rings. The first kappa shape index (κ1) is 30.1. The summed E-state index contributed by atoms with van der Waals surface area (Å²) >= 11 is 9.73. The summed E-state index contributed by atoms with van der Waals surface area (Å²) in [7, 11) is -0.745. The number of aryl methyl sites for hydroxylation is 1. The zero-order valence-corrected chi connectivity index (χ0v) is 25.6. The molecule has 8 nitrogen and oxygen atoms in total. The van der Waals surface area contributed by atoms with Gasteiger partial charge in [0.05, 0.1) is 28.4 Å². The smallest absolute Gasteiger partial charge is 0.271 e. The second-order valence-electron chi connectivity index (χ2n) is 8.95. The molecule has 4 aromatic carbocycles. The molecule has 0 bridgehead atoms. The van der Waals surface area contributed by atoms with Crippen LogP contribution in [0.2, 0.25) is 5.02 Å². The van der Waals surface area contributed by atoms with Crippen LogP contribution in [0.25, 0.3) is 0 Å². The first-order valence-corrected chi connectivity index (χ1v) is 14.9. The molecule has 0 unspecified atom stereocenters. The minimum atomic E-state index is -3.74. The molecule has 11 heteroatoms. The quantitative estimate of drug-likeness (QED) is 0.154. The Kier molecular flexibility index (Phi) is 9.69. The van der Waals surface area contributed by atoms with Crippen LogP contribution in [-0.4, -0.2) is 34.7 Å². The van der Waals surface area contributed by atoms with Crippen molar-refractivity contribution in [1.82, 2.24) is 5.43 Å². The van der Waals surface area contributed by atoms with E-state index >= 15 is 0 Å². The van der Waals surface area contributed by atoms with E-state index < -0.39 is 15.9 Å². The molecule has 1 amide bonds. The number of hydrogen-bond donors (Lipinski definition) is 1. The third-order valence-corrected chi connectivity index (χ3v) is 8.89. The maximum atomic E-state index is 12.9. The zero-order valence-electron chi connectivity index (χ0n) is 22.5. The van der Waals surface area contributed by atoms with Gasteiger partial charge in [-0.15, -0.1) is 0 Å². The second kappa shape index (κ2) is 13.2. The molecular formula is C30H27BrClN3O5S. The van der Waals surface area contributed by atoms with E-state index in [1.54, 1.807) is 54.6 Å². The van der Waals surface area contributed by atoms with Crippen molar-refractivity contribution in [2.45, 2.75) is 18.4 Å². The lowest BCUT2D eigenvalue weighted by Gasteiger charge is -2.19. The summed E-state index contributed by atoms with van der Waals surface area (Å²) in [5.41, 5.74) is 5.66. The number of amides is 1. The van der Waals surface area contributed by atoms with E-state index in [1.807, 2.05) is 25.1 Å². The molecule has 0 fully saturated rings. The molecule has 0 aliphatic rings. The third kappa shape index (κ3) is 7.27. The van der Waals surface area contributed by atoms with E-state index in [4.69, 9.17) is 21.1 Å². The Balaban J connectivity index is 1.40. The van der Waals surface area contributed by atoms with Gasteiger partial charge in [-0.2, -0.15) is 5.10 Å². The number of nitrogens with zero attached hydrogens (tertiary/aromatic N) is 2. The molecule has 0 aliphatic carbocycles. The van der Waals surface area contributed by atoms with Gasteiger partial charge in [0.2, 0.25) is 0 Å². The van der Waals surface area contributed by atoms with Gasteiger partial charge in [0.1, 0.15) is 6.61 Å². The molecule has 41 heavy (non-hydrogen) atoms. The monoisotopic (exact) mass is 655 g/mol. The van der Waals surface area contributed by atoms with E-state index in [1.165, 1.54) is 36.8 Å². The highest BCUT2D eigenvalue weighted by atomic mass is 79.9. The largest absolute Gasteiger partial charge is 0.493 e. The topological polar surface area (TPSA) is 97.3 Å². The van der Waals surface area contributed by atoms with Gasteiger partial charge in [-0.05, 0) is 83.0 Å². The van der Waals surface area contributed by atoms with Crippen LogP contribution in [-0.2, 0) is 16.6 Å². The summed E-state index contributed by atoms with van der Waals surface area (Å²) in [4.78, 5) is 12.8. The average molecular weight is 657 g/mol. The van der Waals surface area contributed by atoms with Gasteiger partial charge in [0.25, 0.3) is 15.9 Å². The van der Waals surface area contributed by atoms with Gasteiger partial charge in [0, 0.05) is 23.2 Å². The number of methoxy groups -OCH3 is 1. The standard InChI is InChI=1S/C30H27BrClN3O5S/c1-20-8-14-25(15-9-20)41(37,38)35(2)24-12-10-22(11-13-24)30(36)34-33-18-21-16-26(31)29(28(17-21)39-3)40-19-23-6-4-5-7-27(23)32/h4-18H,19H2,1-3H3,(H,34,36)/b33-18-. The Morgan fingerprint density at radius 3 is 2.39 bits per heavy atom. The van der Waals surface area contributed by atoms with Crippen LogP contribution in [0.4, 0.5) is 5.69 Å². The number of nitrogens with one attached hydrogen (secondary N) is 1. The Hall–Kier alpha value is -3.86. The van der Waals surface area contributed by atoms with Gasteiger partial charge < -0.3 is 9.47 Å². The van der Waals surface area contributed by atoms with Crippen molar-refractivity contribution in [2.75, 3.05) is 18.5 Å². The summed E-state index contributed by atoms with van der Waals surface area (Å²) in [6, 6.07) is 23.7. The lowest BCUT2D eigenvalue weighted by Crippen LogP contribution is -2.26. The van der Waals surface area contributed by atoms with Crippen molar-refractivity contribution in [3.05, 3.63) is 117 Å². The van der Waals surface area contributed by atoms with E-state index in [9.17, 15) is 13.2 Å². The summed E-state index contributed by atoms with van der Waals surface area (Å²) in [5.74, 6) is 0.519. The number of carbonyl (C=O) groups excluding carboxylic acids is 1. The number of ether oxygens (including phenoxy) is 2. The summed E-state index contributed by atoms with van der Waals surface area (Å²) in [6.45, 7) is 2.14. The third-order valence-electron chi connectivity index (χ3n) is 6.13. The fraction of sp³-hybridized carbons (Fsp3) is 0.133. The van der Waals surface area contributed by atoms with Crippen molar-refractivity contribution >= 4 is 55.4 Å². The highest BCUT2D eigenvalue weighted by Gasteiger charge is 2.21. The van der Waals surface area contributed by atoms with Crippen LogP contribution >= 0.6 is 27.5 Å². The molecule has 0 heterocycles. The number of sulfonamides is 1. The molecule has 0 saturated heterocycles. The van der Waals surface area contributed by atoms with Crippen LogP contribution in [0, 0.1) is 6.92 Å². The first-order valence-electron chi connectivity index (χ1n) is 12.3. The molecule has 0 aromatic heterocycles.